The molecule has 0 aromatic heterocycles. The predicted octanol–water partition coefficient (Wildman–Crippen LogP) is 1.85. The van der Waals surface area contributed by atoms with E-state index >= 15 is 0 Å². The van der Waals surface area contributed by atoms with E-state index in [2.05, 4.69) is 21.2 Å². The Labute approximate surface area is 105 Å². The summed E-state index contributed by atoms with van der Waals surface area (Å²) in [5, 5.41) is 2.81. The number of carbonyl (C=O) groups is 1. The SMILES string of the molecule is CC(C)(N)CNC(=O)Cc1cccc(Br)c1. The molecular weight excluding hydrogens is 268 g/mol. The monoisotopic (exact) mass is 284 g/mol. The fraction of sp³-hybridized carbons (Fsp3) is 0.417. The maximum absolute atomic E-state index is 11.6. The van der Waals surface area contributed by atoms with Crippen LogP contribution in [0.2, 0.25) is 0 Å². The fourth-order valence-electron chi connectivity index (χ4n) is 1.22. The van der Waals surface area contributed by atoms with E-state index in [-0.39, 0.29) is 11.4 Å². The predicted molar refractivity (Wildman–Crippen MR) is 69.1 cm³/mol. The van der Waals surface area contributed by atoms with Crippen molar-refractivity contribution in [3.63, 3.8) is 0 Å². The van der Waals surface area contributed by atoms with Gasteiger partial charge in [0.25, 0.3) is 0 Å². The van der Waals surface area contributed by atoms with Crippen molar-refractivity contribution < 1.29 is 4.79 Å². The Morgan fingerprint density at radius 2 is 2.19 bits per heavy atom. The first-order chi connectivity index (χ1) is 7.37. The number of carbonyl (C=O) groups excluding carboxylic acids is 1. The summed E-state index contributed by atoms with van der Waals surface area (Å²) in [6, 6.07) is 7.72. The van der Waals surface area contributed by atoms with Crippen molar-refractivity contribution >= 4 is 21.8 Å². The van der Waals surface area contributed by atoms with E-state index in [0.29, 0.717) is 13.0 Å². The molecule has 0 aliphatic carbocycles. The Balaban J connectivity index is 2.46. The average Bonchev–Trinajstić information content (AvgIpc) is 2.14. The average molecular weight is 285 g/mol. The summed E-state index contributed by atoms with van der Waals surface area (Å²) in [6.45, 7) is 4.25. The number of benzene rings is 1. The van der Waals surface area contributed by atoms with Crippen LogP contribution < -0.4 is 11.1 Å². The Hall–Kier alpha value is -0.870. The lowest BCUT2D eigenvalue weighted by atomic mass is 10.1. The second kappa shape index (κ2) is 5.46. The van der Waals surface area contributed by atoms with E-state index < -0.39 is 0 Å². The van der Waals surface area contributed by atoms with Crippen molar-refractivity contribution in [2.45, 2.75) is 25.8 Å². The number of nitrogens with two attached hydrogens (primary N) is 1. The maximum atomic E-state index is 11.6. The Morgan fingerprint density at radius 3 is 2.75 bits per heavy atom. The van der Waals surface area contributed by atoms with Crippen molar-refractivity contribution in [2.24, 2.45) is 5.73 Å². The van der Waals surface area contributed by atoms with Gasteiger partial charge in [0.1, 0.15) is 0 Å². The first-order valence-electron chi connectivity index (χ1n) is 5.17. The molecule has 0 aliphatic rings. The molecule has 3 N–H and O–H groups in total. The first-order valence-corrected chi connectivity index (χ1v) is 5.96. The Morgan fingerprint density at radius 1 is 1.50 bits per heavy atom. The van der Waals surface area contributed by atoms with Crippen LogP contribution in [0.25, 0.3) is 0 Å². The van der Waals surface area contributed by atoms with Crippen molar-refractivity contribution in [1.82, 2.24) is 5.32 Å². The number of rotatable bonds is 4. The first kappa shape index (κ1) is 13.2. The molecule has 0 saturated heterocycles. The molecule has 0 heterocycles. The van der Waals surface area contributed by atoms with E-state index in [0.717, 1.165) is 10.0 Å². The number of hydrogen-bond acceptors (Lipinski definition) is 2. The normalized spacial score (nSPS) is 11.2. The summed E-state index contributed by atoms with van der Waals surface area (Å²) in [4.78, 5) is 11.6. The third-order valence-electron chi connectivity index (χ3n) is 1.99. The molecule has 16 heavy (non-hydrogen) atoms. The maximum Gasteiger partial charge on any atom is 0.224 e. The lowest BCUT2D eigenvalue weighted by molar-refractivity contribution is -0.120. The van der Waals surface area contributed by atoms with Gasteiger partial charge < -0.3 is 11.1 Å². The molecule has 0 radical (unpaired) electrons. The van der Waals surface area contributed by atoms with Gasteiger partial charge in [-0.3, -0.25) is 4.79 Å². The smallest absolute Gasteiger partial charge is 0.224 e. The summed E-state index contributed by atoms with van der Waals surface area (Å²) in [7, 11) is 0. The van der Waals surface area contributed by atoms with Gasteiger partial charge >= 0.3 is 0 Å². The summed E-state index contributed by atoms with van der Waals surface area (Å²) in [6.07, 6.45) is 0.384. The molecule has 0 saturated carbocycles. The molecule has 0 atom stereocenters. The molecule has 1 amide bonds. The quantitative estimate of drug-likeness (QED) is 0.887. The second-order valence-corrected chi connectivity index (χ2v) is 5.49. The lowest BCUT2D eigenvalue weighted by Crippen LogP contribution is -2.45. The number of hydrogen-bond donors (Lipinski definition) is 2. The zero-order valence-electron chi connectivity index (χ0n) is 9.59. The number of amides is 1. The standard InChI is InChI=1S/C12H17BrN2O/c1-12(2,14)8-15-11(16)7-9-4-3-5-10(13)6-9/h3-6H,7-8,14H2,1-2H3,(H,15,16). The molecule has 4 heteroatoms. The van der Waals surface area contributed by atoms with Gasteiger partial charge in [-0.1, -0.05) is 28.1 Å². The molecule has 1 aromatic carbocycles. The van der Waals surface area contributed by atoms with E-state index in [1.807, 2.05) is 38.1 Å². The van der Waals surface area contributed by atoms with Gasteiger partial charge in [0.2, 0.25) is 5.91 Å². The Bertz CT molecular complexity index is 372. The second-order valence-electron chi connectivity index (χ2n) is 4.57. The van der Waals surface area contributed by atoms with Gasteiger partial charge in [-0.25, -0.2) is 0 Å². The van der Waals surface area contributed by atoms with Gasteiger partial charge in [-0.2, -0.15) is 0 Å². The molecule has 0 aliphatic heterocycles. The number of nitrogens with one attached hydrogen (secondary N) is 1. The Kier molecular flexibility index (Phi) is 4.50. The van der Waals surface area contributed by atoms with Crippen LogP contribution in [0.3, 0.4) is 0 Å². The highest BCUT2D eigenvalue weighted by Gasteiger charge is 2.12. The van der Waals surface area contributed by atoms with Crippen LogP contribution in [0.1, 0.15) is 19.4 Å². The van der Waals surface area contributed by atoms with Crippen LogP contribution in [0.4, 0.5) is 0 Å². The van der Waals surface area contributed by atoms with Gasteiger partial charge in [0.15, 0.2) is 0 Å². The number of halogens is 1. The summed E-state index contributed by atoms with van der Waals surface area (Å²) in [5.41, 5.74) is 6.40. The van der Waals surface area contributed by atoms with Gasteiger partial charge in [-0.05, 0) is 31.5 Å². The highest BCUT2D eigenvalue weighted by molar-refractivity contribution is 9.10. The van der Waals surface area contributed by atoms with Crippen LogP contribution in [-0.4, -0.2) is 18.0 Å². The molecule has 0 fully saturated rings. The van der Waals surface area contributed by atoms with E-state index in [1.165, 1.54) is 0 Å². The zero-order valence-corrected chi connectivity index (χ0v) is 11.2. The van der Waals surface area contributed by atoms with Crippen molar-refractivity contribution in [3.8, 4) is 0 Å². The summed E-state index contributed by atoms with van der Waals surface area (Å²) in [5.74, 6) is -0.00312. The molecule has 0 unspecified atom stereocenters. The summed E-state index contributed by atoms with van der Waals surface area (Å²) < 4.78 is 0.983. The third-order valence-corrected chi connectivity index (χ3v) is 2.49. The zero-order chi connectivity index (χ0) is 12.2. The van der Waals surface area contributed by atoms with Crippen LogP contribution in [0.15, 0.2) is 28.7 Å². The van der Waals surface area contributed by atoms with Crippen LogP contribution in [-0.2, 0) is 11.2 Å². The minimum absolute atomic E-state index is 0.00312. The molecule has 0 spiro atoms. The van der Waals surface area contributed by atoms with Gasteiger partial charge in [0.05, 0.1) is 6.42 Å². The molecule has 3 nitrogen and oxygen atoms in total. The third kappa shape index (κ3) is 5.28. The molecule has 0 bridgehead atoms. The molecule has 1 rings (SSSR count). The van der Waals surface area contributed by atoms with Crippen molar-refractivity contribution in [2.75, 3.05) is 6.54 Å². The van der Waals surface area contributed by atoms with E-state index in [1.54, 1.807) is 0 Å². The largest absolute Gasteiger partial charge is 0.354 e. The highest BCUT2D eigenvalue weighted by Crippen LogP contribution is 2.11. The topological polar surface area (TPSA) is 55.1 Å². The van der Waals surface area contributed by atoms with Crippen LogP contribution in [0.5, 0.6) is 0 Å². The van der Waals surface area contributed by atoms with Gasteiger partial charge in [0, 0.05) is 16.6 Å². The van der Waals surface area contributed by atoms with Crippen LogP contribution in [0, 0.1) is 0 Å². The van der Waals surface area contributed by atoms with Crippen LogP contribution >= 0.6 is 15.9 Å². The minimum Gasteiger partial charge on any atom is -0.354 e. The molecule has 88 valence electrons. The highest BCUT2D eigenvalue weighted by atomic mass is 79.9. The van der Waals surface area contributed by atoms with E-state index in [9.17, 15) is 4.79 Å². The van der Waals surface area contributed by atoms with Crippen molar-refractivity contribution in [3.05, 3.63) is 34.3 Å². The lowest BCUT2D eigenvalue weighted by Gasteiger charge is -2.18. The van der Waals surface area contributed by atoms with E-state index in [4.69, 9.17) is 5.73 Å². The summed E-state index contributed by atoms with van der Waals surface area (Å²) >= 11 is 3.37. The fourth-order valence-corrected chi connectivity index (χ4v) is 1.67. The van der Waals surface area contributed by atoms with Gasteiger partial charge in [-0.15, -0.1) is 0 Å². The molecular formula is C12H17BrN2O. The van der Waals surface area contributed by atoms with Crippen molar-refractivity contribution in [1.29, 1.82) is 0 Å². The molecule has 1 aromatic rings. The minimum atomic E-state index is -0.368.